The molecule has 0 N–H and O–H groups in total. The van der Waals surface area contributed by atoms with Crippen LogP contribution in [0.25, 0.3) is 16.3 Å². The van der Waals surface area contributed by atoms with Crippen LogP contribution < -0.4 is 0 Å². The second-order valence-corrected chi connectivity index (χ2v) is 9.34. The summed E-state index contributed by atoms with van der Waals surface area (Å²) < 4.78 is 24.4. The van der Waals surface area contributed by atoms with Gasteiger partial charge >= 0.3 is 0 Å². The Balaban J connectivity index is 1.75. The molecule has 2 aromatic rings. The normalized spacial score (nSPS) is 23.6. The fraction of sp³-hybridized carbons (Fsp3) is 0.375. The van der Waals surface area contributed by atoms with Crippen molar-refractivity contribution in [2.75, 3.05) is 18.6 Å². The number of aromatic nitrogens is 1. The topological polar surface area (TPSA) is 67.3 Å². The molecule has 1 aliphatic rings. The van der Waals surface area contributed by atoms with Crippen molar-refractivity contribution in [3.63, 3.8) is 0 Å². The fourth-order valence-corrected chi connectivity index (χ4v) is 5.79. The van der Waals surface area contributed by atoms with Crippen molar-refractivity contribution in [3.05, 3.63) is 35.3 Å². The lowest BCUT2D eigenvalue weighted by Crippen LogP contribution is -2.47. The third-order valence-electron chi connectivity index (χ3n) is 4.30. The van der Waals surface area contributed by atoms with E-state index in [1.807, 2.05) is 31.2 Å². The van der Waals surface area contributed by atoms with E-state index in [-0.39, 0.29) is 17.4 Å². The summed E-state index contributed by atoms with van der Waals surface area (Å²) in [6.45, 7) is 1.82. The molecule has 1 amide bonds. The van der Waals surface area contributed by atoms with Gasteiger partial charge in [0.25, 0.3) is 0 Å². The summed E-state index contributed by atoms with van der Waals surface area (Å²) in [5, 5.41) is 0.761. The van der Waals surface area contributed by atoms with Crippen LogP contribution in [0.5, 0.6) is 0 Å². The molecule has 0 radical (unpaired) electrons. The van der Waals surface area contributed by atoms with Gasteiger partial charge in [-0.2, -0.15) is 0 Å². The maximum atomic E-state index is 12.4. The number of rotatable bonds is 3. The first-order valence-corrected chi connectivity index (χ1v) is 9.95. The standard InChI is InChI=1S/C16H18N2O3S2/c1-16(9-10-23(20,21)11-16)18(2)15(19)8-7-14-17-12-5-3-4-6-13(12)22-14/h3-8H,9-11H2,1-2H3. The number of fused-ring (bicyclic) bond motifs is 1. The van der Waals surface area contributed by atoms with Gasteiger partial charge in [-0.05, 0) is 31.6 Å². The largest absolute Gasteiger partial charge is 0.336 e. The smallest absolute Gasteiger partial charge is 0.246 e. The summed E-state index contributed by atoms with van der Waals surface area (Å²) in [5.74, 6) is -0.0382. The Morgan fingerprint density at radius 3 is 2.78 bits per heavy atom. The number of carbonyl (C=O) groups excluding carboxylic acids is 1. The van der Waals surface area contributed by atoms with Crippen LogP contribution in [-0.2, 0) is 14.6 Å². The first-order chi connectivity index (χ1) is 10.8. The van der Waals surface area contributed by atoms with Gasteiger partial charge in [0.1, 0.15) is 5.01 Å². The highest BCUT2D eigenvalue weighted by atomic mass is 32.2. The molecule has 1 aromatic heterocycles. The third kappa shape index (κ3) is 3.30. The number of hydrogen-bond acceptors (Lipinski definition) is 5. The minimum atomic E-state index is -3.05. The molecule has 3 rings (SSSR count). The zero-order valence-electron chi connectivity index (χ0n) is 13.0. The molecule has 1 aliphatic heterocycles. The molecule has 0 bridgehead atoms. The minimum Gasteiger partial charge on any atom is -0.336 e. The molecule has 5 nitrogen and oxygen atoms in total. The number of likely N-dealkylation sites (N-methyl/N-ethyl adjacent to an activating group) is 1. The number of thiazole rings is 1. The zero-order valence-corrected chi connectivity index (χ0v) is 14.7. The Kier molecular flexibility index (Phi) is 4.01. The highest BCUT2D eigenvalue weighted by Gasteiger charge is 2.42. The van der Waals surface area contributed by atoms with Gasteiger partial charge in [-0.3, -0.25) is 4.79 Å². The van der Waals surface area contributed by atoms with Crippen molar-refractivity contribution in [2.45, 2.75) is 18.9 Å². The molecule has 1 atom stereocenters. The van der Waals surface area contributed by atoms with Crippen molar-refractivity contribution >= 4 is 43.4 Å². The van der Waals surface area contributed by atoms with Crippen LogP contribution in [0.2, 0.25) is 0 Å². The van der Waals surface area contributed by atoms with Gasteiger partial charge in [0.15, 0.2) is 9.84 Å². The van der Waals surface area contributed by atoms with Gasteiger partial charge in [-0.15, -0.1) is 11.3 Å². The molecule has 1 aromatic carbocycles. The maximum Gasteiger partial charge on any atom is 0.246 e. The van der Waals surface area contributed by atoms with E-state index < -0.39 is 15.4 Å². The number of benzene rings is 1. The lowest BCUT2D eigenvalue weighted by Gasteiger charge is -2.33. The first kappa shape index (κ1) is 16.1. The quantitative estimate of drug-likeness (QED) is 0.797. The van der Waals surface area contributed by atoms with Crippen LogP contribution in [0, 0.1) is 0 Å². The number of nitrogens with zero attached hydrogens (tertiary/aromatic N) is 2. The Morgan fingerprint density at radius 2 is 2.13 bits per heavy atom. The summed E-state index contributed by atoms with van der Waals surface area (Å²) in [4.78, 5) is 18.3. The average molecular weight is 350 g/mol. The van der Waals surface area contributed by atoms with E-state index in [1.54, 1.807) is 13.1 Å². The summed E-state index contributed by atoms with van der Waals surface area (Å²) in [7, 11) is -1.39. The molecule has 7 heteroatoms. The van der Waals surface area contributed by atoms with E-state index in [0.717, 1.165) is 15.2 Å². The molecule has 1 fully saturated rings. The van der Waals surface area contributed by atoms with E-state index >= 15 is 0 Å². The van der Waals surface area contributed by atoms with Gasteiger partial charge in [-0.25, -0.2) is 13.4 Å². The molecule has 1 unspecified atom stereocenters. The number of sulfone groups is 1. The summed E-state index contributed by atoms with van der Waals surface area (Å²) in [6.07, 6.45) is 3.64. The van der Waals surface area contributed by atoms with Gasteiger partial charge in [-0.1, -0.05) is 12.1 Å². The van der Waals surface area contributed by atoms with Crippen LogP contribution in [-0.4, -0.2) is 48.3 Å². The monoisotopic (exact) mass is 350 g/mol. The zero-order chi connectivity index (χ0) is 16.7. The summed E-state index contributed by atoms with van der Waals surface area (Å²) >= 11 is 1.52. The van der Waals surface area contributed by atoms with Crippen LogP contribution in [0.3, 0.4) is 0 Å². The Labute approximate surface area is 139 Å². The van der Waals surface area contributed by atoms with Crippen LogP contribution in [0.1, 0.15) is 18.4 Å². The van der Waals surface area contributed by atoms with E-state index in [9.17, 15) is 13.2 Å². The number of para-hydroxylation sites is 1. The number of hydrogen-bond donors (Lipinski definition) is 0. The van der Waals surface area contributed by atoms with Crippen molar-refractivity contribution in [1.82, 2.24) is 9.88 Å². The summed E-state index contributed by atoms with van der Waals surface area (Å²) in [5.41, 5.74) is 0.278. The Hall–Kier alpha value is -1.73. The molecule has 0 aliphatic carbocycles. The van der Waals surface area contributed by atoms with Gasteiger partial charge < -0.3 is 4.90 Å². The average Bonchev–Trinajstić information content (AvgIpc) is 3.04. The molecule has 23 heavy (non-hydrogen) atoms. The molecule has 1 saturated heterocycles. The Bertz CT molecular complexity index is 853. The van der Waals surface area contributed by atoms with Crippen molar-refractivity contribution in [1.29, 1.82) is 0 Å². The van der Waals surface area contributed by atoms with Gasteiger partial charge in [0.05, 0.1) is 27.3 Å². The third-order valence-corrected chi connectivity index (χ3v) is 7.19. The first-order valence-electron chi connectivity index (χ1n) is 7.31. The van der Waals surface area contributed by atoms with Crippen LogP contribution >= 0.6 is 11.3 Å². The number of carbonyl (C=O) groups is 1. The predicted molar refractivity (Wildman–Crippen MR) is 93.1 cm³/mol. The van der Waals surface area contributed by atoms with E-state index in [4.69, 9.17) is 0 Å². The number of amides is 1. The minimum absolute atomic E-state index is 0.0250. The predicted octanol–water partition coefficient (Wildman–Crippen LogP) is 2.35. The highest BCUT2D eigenvalue weighted by molar-refractivity contribution is 7.91. The van der Waals surface area contributed by atoms with Crippen molar-refractivity contribution in [3.8, 4) is 0 Å². The van der Waals surface area contributed by atoms with E-state index in [0.29, 0.717) is 6.42 Å². The van der Waals surface area contributed by atoms with Crippen LogP contribution in [0.15, 0.2) is 30.3 Å². The maximum absolute atomic E-state index is 12.4. The van der Waals surface area contributed by atoms with Crippen LogP contribution in [0.4, 0.5) is 0 Å². The second kappa shape index (κ2) is 5.72. The fourth-order valence-electron chi connectivity index (χ4n) is 2.74. The van der Waals surface area contributed by atoms with E-state index in [2.05, 4.69) is 4.98 Å². The second-order valence-electron chi connectivity index (χ2n) is 6.09. The summed E-state index contributed by atoms with van der Waals surface area (Å²) in [6, 6.07) is 7.80. The molecule has 2 heterocycles. The molecular formula is C16H18N2O3S2. The van der Waals surface area contributed by atoms with Crippen molar-refractivity contribution in [2.24, 2.45) is 0 Å². The lowest BCUT2D eigenvalue weighted by atomic mass is 10.00. The Morgan fingerprint density at radius 1 is 1.39 bits per heavy atom. The molecule has 0 spiro atoms. The highest BCUT2D eigenvalue weighted by Crippen LogP contribution is 2.29. The molecular weight excluding hydrogens is 332 g/mol. The van der Waals surface area contributed by atoms with Gasteiger partial charge in [0.2, 0.25) is 5.91 Å². The van der Waals surface area contributed by atoms with E-state index in [1.165, 1.54) is 22.3 Å². The lowest BCUT2D eigenvalue weighted by molar-refractivity contribution is -0.129. The molecule has 122 valence electrons. The molecule has 0 saturated carbocycles. The SMILES string of the molecule is CN(C(=O)C=Cc1nc2ccccc2s1)C1(C)CCS(=O)(=O)C1. The van der Waals surface area contributed by atoms with Crippen molar-refractivity contribution < 1.29 is 13.2 Å². The van der Waals surface area contributed by atoms with Gasteiger partial charge in [0, 0.05) is 13.1 Å².